The molecule has 1 atom stereocenters. The maximum atomic E-state index is 11.8. The van der Waals surface area contributed by atoms with Gasteiger partial charge in [-0.2, -0.15) is 0 Å². The van der Waals surface area contributed by atoms with Gasteiger partial charge in [0, 0.05) is 18.2 Å². The van der Waals surface area contributed by atoms with Gasteiger partial charge in [-0.3, -0.25) is 20.2 Å². The fourth-order valence-corrected chi connectivity index (χ4v) is 2.34. The molecule has 0 bridgehead atoms. The first-order chi connectivity index (χ1) is 8.66. The number of benzene rings is 1. The van der Waals surface area contributed by atoms with E-state index in [2.05, 4.69) is 5.32 Å². The van der Waals surface area contributed by atoms with Crippen molar-refractivity contribution in [1.29, 1.82) is 0 Å². The van der Waals surface area contributed by atoms with Gasteiger partial charge in [-0.05, 0) is 30.5 Å². The van der Waals surface area contributed by atoms with Crippen LogP contribution < -0.4 is 5.32 Å². The molecule has 1 saturated carbocycles. The molecule has 3 rings (SSSR count). The van der Waals surface area contributed by atoms with Gasteiger partial charge in [0.2, 0.25) is 5.91 Å². The van der Waals surface area contributed by atoms with Crippen LogP contribution in [0.3, 0.4) is 0 Å². The third-order valence-electron chi connectivity index (χ3n) is 3.37. The van der Waals surface area contributed by atoms with E-state index in [1.807, 2.05) is 4.90 Å². The average Bonchev–Trinajstić information content (AvgIpc) is 3.13. The highest BCUT2D eigenvalue weighted by molar-refractivity contribution is 5.81. The molecule has 0 spiro atoms. The normalized spacial score (nSPS) is 23.4. The number of nitro groups is 1. The topological polar surface area (TPSA) is 75.5 Å². The van der Waals surface area contributed by atoms with Crippen LogP contribution in [0.2, 0.25) is 0 Å². The second kappa shape index (κ2) is 4.06. The summed E-state index contributed by atoms with van der Waals surface area (Å²) in [6.07, 6.45) is 1.97. The third-order valence-corrected chi connectivity index (χ3v) is 3.37. The van der Waals surface area contributed by atoms with E-state index in [9.17, 15) is 14.9 Å². The van der Waals surface area contributed by atoms with Crippen molar-refractivity contribution in [2.75, 3.05) is 6.54 Å². The second-order valence-electron chi connectivity index (χ2n) is 4.66. The molecular formula is C12H13N3O3. The standard InChI is InChI=1S/C12H13N3O3/c16-11-7-13-12(14(11)9-5-6-9)8-1-3-10(4-2-8)15(17)18/h1-4,9,12-13H,5-7H2. The zero-order chi connectivity index (χ0) is 12.7. The molecule has 1 saturated heterocycles. The number of amides is 1. The summed E-state index contributed by atoms with van der Waals surface area (Å²) in [6, 6.07) is 6.72. The third kappa shape index (κ3) is 1.84. The van der Waals surface area contributed by atoms with Crippen LogP contribution in [-0.2, 0) is 4.79 Å². The average molecular weight is 247 g/mol. The van der Waals surface area contributed by atoms with Crippen LogP contribution in [0.15, 0.2) is 24.3 Å². The number of carbonyl (C=O) groups excluding carboxylic acids is 1. The molecule has 94 valence electrons. The summed E-state index contributed by atoms with van der Waals surface area (Å²) in [5, 5.41) is 13.7. The fourth-order valence-electron chi connectivity index (χ4n) is 2.34. The summed E-state index contributed by atoms with van der Waals surface area (Å²) < 4.78 is 0. The van der Waals surface area contributed by atoms with Gasteiger partial charge < -0.3 is 4.90 Å². The van der Waals surface area contributed by atoms with Crippen LogP contribution in [0.25, 0.3) is 0 Å². The molecule has 6 heteroatoms. The summed E-state index contributed by atoms with van der Waals surface area (Å²) in [6.45, 7) is 0.345. The van der Waals surface area contributed by atoms with Crippen molar-refractivity contribution in [3.63, 3.8) is 0 Å². The van der Waals surface area contributed by atoms with Crippen LogP contribution in [0, 0.1) is 10.1 Å². The lowest BCUT2D eigenvalue weighted by molar-refractivity contribution is -0.384. The van der Waals surface area contributed by atoms with E-state index >= 15 is 0 Å². The van der Waals surface area contributed by atoms with E-state index in [1.165, 1.54) is 12.1 Å². The van der Waals surface area contributed by atoms with Crippen molar-refractivity contribution in [3.8, 4) is 0 Å². The Kier molecular flexibility index (Phi) is 2.52. The van der Waals surface area contributed by atoms with E-state index in [1.54, 1.807) is 12.1 Å². The predicted octanol–water partition coefficient (Wildman–Crippen LogP) is 1.19. The number of rotatable bonds is 3. The lowest BCUT2D eigenvalue weighted by Gasteiger charge is -2.24. The molecule has 0 radical (unpaired) electrons. The summed E-state index contributed by atoms with van der Waals surface area (Å²) in [4.78, 5) is 23.8. The largest absolute Gasteiger partial charge is 0.319 e. The quantitative estimate of drug-likeness (QED) is 0.643. The van der Waals surface area contributed by atoms with Crippen LogP contribution in [0.5, 0.6) is 0 Å². The Morgan fingerprint density at radius 3 is 2.50 bits per heavy atom. The second-order valence-corrected chi connectivity index (χ2v) is 4.66. The zero-order valence-corrected chi connectivity index (χ0v) is 9.70. The molecule has 2 fully saturated rings. The Bertz CT molecular complexity index is 496. The molecule has 1 aromatic carbocycles. The molecule has 18 heavy (non-hydrogen) atoms. The Balaban J connectivity index is 1.85. The number of hydrogen-bond donors (Lipinski definition) is 1. The first-order valence-corrected chi connectivity index (χ1v) is 5.96. The Labute approximate surface area is 104 Å². The molecule has 1 amide bonds. The van der Waals surface area contributed by atoms with Crippen LogP contribution in [-0.4, -0.2) is 28.3 Å². The monoisotopic (exact) mass is 247 g/mol. The van der Waals surface area contributed by atoms with E-state index in [0.717, 1.165) is 18.4 Å². The smallest absolute Gasteiger partial charge is 0.269 e. The number of non-ortho nitro benzene ring substituents is 1. The molecule has 1 N–H and O–H groups in total. The van der Waals surface area contributed by atoms with Gasteiger partial charge >= 0.3 is 0 Å². The lowest BCUT2D eigenvalue weighted by Crippen LogP contribution is -2.32. The molecule has 2 aliphatic rings. The maximum absolute atomic E-state index is 11.8. The van der Waals surface area contributed by atoms with E-state index in [4.69, 9.17) is 0 Å². The van der Waals surface area contributed by atoms with Crippen molar-refractivity contribution >= 4 is 11.6 Å². The number of carbonyl (C=O) groups is 1. The summed E-state index contributed by atoms with van der Waals surface area (Å²) in [5.41, 5.74) is 0.972. The van der Waals surface area contributed by atoms with E-state index < -0.39 is 4.92 Å². The molecule has 1 aliphatic carbocycles. The van der Waals surface area contributed by atoms with Gasteiger partial charge in [0.25, 0.3) is 5.69 Å². The van der Waals surface area contributed by atoms with Crippen molar-refractivity contribution in [2.24, 2.45) is 0 Å². The van der Waals surface area contributed by atoms with Crippen LogP contribution in [0.1, 0.15) is 24.6 Å². The Hall–Kier alpha value is -1.95. The minimum atomic E-state index is -0.421. The maximum Gasteiger partial charge on any atom is 0.269 e. The number of nitrogens with one attached hydrogen (secondary N) is 1. The molecule has 6 nitrogen and oxygen atoms in total. The highest BCUT2D eigenvalue weighted by atomic mass is 16.6. The summed E-state index contributed by atoms with van der Waals surface area (Å²) in [5.74, 6) is 0.112. The number of hydrogen-bond acceptors (Lipinski definition) is 4. The van der Waals surface area contributed by atoms with E-state index in [0.29, 0.717) is 12.6 Å². The van der Waals surface area contributed by atoms with Crippen molar-refractivity contribution in [2.45, 2.75) is 25.0 Å². The minimum absolute atomic E-state index is 0.0704. The predicted molar refractivity (Wildman–Crippen MR) is 63.7 cm³/mol. The van der Waals surface area contributed by atoms with Gasteiger partial charge in [-0.25, -0.2) is 0 Å². The van der Waals surface area contributed by atoms with Gasteiger partial charge in [0.15, 0.2) is 0 Å². The zero-order valence-electron chi connectivity index (χ0n) is 9.70. The lowest BCUT2D eigenvalue weighted by atomic mass is 10.1. The molecule has 1 unspecified atom stereocenters. The first-order valence-electron chi connectivity index (χ1n) is 5.96. The van der Waals surface area contributed by atoms with E-state index in [-0.39, 0.29) is 17.8 Å². The Morgan fingerprint density at radius 2 is 1.94 bits per heavy atom. The highest BCUT2D eigenvalue weighted by Crippen LogP contribution is 2.35. The molecule has 0 aromatic heterocycles. The van der Waals surface area contributed by atoms with Crippen molar-refractivity contribution in [3.05, 3.63) is 39.9 Å². The summed E-state index contributed by atoms with van der Waals surface area (Å²) in [7, 11) is 0. The number of nitro benzene ring substituents is 1. The first kappa shape index (κ1) is 11.2. The van der Waals surface area contributed by atoms with Crippen LogP contribution in [0.4, 0.5) is 5.69 Å². The molecule has 1 aliphatic heterocycles. The fraction of sp³-hybridized carbons (Fsp3) is 0.417. The van der Waals surface area contributed by atoms with Gasteiger partial charge in [0.05, 0.1) is 11.5 Å². The molecule has 1 heterocycles. The Morgan fingerprint density at radius 1 is 1.28 bits per heavy atom. The summed E-state index contributed by atoms with van der Waals surface area (Å²) >= 11 is 0. The molecular weight excluding hydrogens is 234 g/mol. The van der Waals surface area contributed by atoms with Crippen molar-refractivity contribution < 1.29 is 9.72 Å². The number of nitrogens with zero attached hydrogens (tertiary/aromatic N) is 2. The van der Waals surface area contributed by atoms with Gasteiger partial charge in [0.1, 0.15) is 6.17 Å². The molecule has 1 aromatic rings. The SMILES string of the molecule is O=C1CNC(c2ccc([N+](=O)[O-])cc2)N1C1CC1. The van der Waals surface area contributed by atoms with Gasteiger partial charge in [-0.1, -0.05) is 0 Å². The van der Waals surface area contributed by atoms with Gasteiger partial charge in [-0.15, -0.1) is 0 Å². The minimum Gasteiger partial charge on any atom is -0.319 e. The van der Waals surface area contributed by atoms with Crippen LogP contribution >= 0.6 is 0 Å². The highest BCUT2D eigenvalue weighted by Gasteiger charge is 2.41. The van der Waals surface area contributed by atoms with Crippen molar-refractivity contribution in [1.82, 2.24) is 10.2 Å².